The maximum Gasteiger partial charge on any atom is 0.255 e. The molecule has 0 atom stereocenters. The standard InChI is InChI=1S/C19H21N3O2.ClH/c20-16-7-4-6-15(12-16)19(24)21-17-8-3-5-14(11-17)13-22-10-2-1-9-18(22)23;/h3-8,11-12H,1-2,9-10,13,20H2,(H,21,24);1H. The van der Waals surface area contributed by atoms with Crippen LogP contribution in [0.4, 0.5) is 11.4 Å². The van der Waals surface area contributed by atoms with Crippen molar-refractivity contribution >= 4 is 35.6 Å². The Morgan fingerprint density at radius 1 is 1.12 bits per heavy atom. The molecule has 2 aromatic carbocycles. The molecule has 1 aliphatic rings. The highest BCUT2D eigenvalue weighted by atomic mass is 35.5. The highest BCUT2D eigenvalue weighted by Crippen LogP contribution is 2.18. The molecule has 1 heterocycles. The summed E-state index contributed by atoms with van der Waals surface area (Å²) in [5.41, 5.74) is 8.51. The predicted octanol–water partition coefficient (Wildman–Crippen LogP) is 3.46. The lowest BCUT2D eigenvalue weighted by Gasteiger charge is -2.26. The number of benzene rings is 2. The number of rotatable bonds is 4. The van der Waals surface area contributed by atoms with E-state index in [2.05, 4.69) is 5.32 Å². The number of halogens is 1. The number of nitrogens with zero attached hydrogens (tertiary/aromatic N) is 1. The molecule has 0 spiro atoms. The van der Waals surface area contributed by atoms with Crippen molar-refractivity contribution in [1.29, 1.82) is 0 Å². The molecule has 2 amide bonds. The fraction of sp³-hybridized carbons (Fsp3) is 0.263. The van der Waals surface area contributed by atoms with Gasteiger partial charge in [-0.2, -0.15) is 0 Å². The van der Waals surface area contributed by atoms with Gasteiger partial charge in [-0.15, -0.1) is 12.4 Å². The van der Waals surface area contributed by atoms with Gasteiger partial charge in [0.25, 0.3) is 5.91 Å². The summed E-state index contributed by atoms with van der Waals surface area (Å²) in [6.45, 7) is 1.39. The molecule has 0 unspecified atom stereocenters. The third kappa shape index (κ3) is 4.97. The Bertz CT molecular complexity index is 764. The summed E-state index contributed by atoms with van der Waals surface area (Å²) >= 11 is 0. The van der Waals surface area contributed by atoms with Gasteiger partial charge in [-0.05, 0) is 48.7 Å². The number of nitrogen functional groups attached to an aromatic ring is 1. The van der Waals surface area contributed by atoms with Crippen molar-refractivity contribution in [2.45, 2.75) is 25.8 Å². The fourth-order valence-corrected chi connectivity index (χ4v) is 2.88. The van der Waals surface area contributed by atoms with Crippen molar-refractivity contribution < 1.29 is 9.59 Å². The molecule has 0 radical (unpaired) electrons. The normalized spacial score (nSPS) is 13.9. The molecule has 1 saturated heterocycles. The highest BCUT2D eigenvalue weighted by Gasteiger charge is 2.18. The van der Waals surface area contributed by atoms with Crippen LogP contribution in [0.25, 0.3) is 0 Å². The van der Waals surface area contributed by atoms with Gasteiger partial charge in [0.15, 0.2) is 0 Å². The van der Waals surface area contributed by atoms with Gasteiger partial charge in [-0.3, -0.25) is 9.59 Å². The summed E-state index contributed by atoms with van der Waals surface area (Å²) in [4.78, 5) is 26.1. The number of anilines is 2. The van der Waals surface area contributed by atoms with Crippen LogP contribution in [0.3, 0.4) is 0 Å². The van der Waals surface area contributed by atoms with E-state index < -0.39 is 0 Å². The number of hydrogen-bond donors (Lipinski definition) is 2. The highest BCUT2D eigenvalue weighted by molar-refractivity contribution is 6.04. The largest absolute Gasteiger partial charge is 0.399 e. The van der Waals surface area contributed by atoms with Crippen LogP contribution >= 0.6 is 12.4 Å². The second-order valence-electron chi connectivity index (χ2n) is 6.05. The number of nitrogens with two attached hydrogens (primary N) is 1. The summed E-state index contributed by atoms with van der Waals surface area (Å²) in [5.74, 6) is 0.00366. The van der Waals surface area contributed by atoms with Crippen LogP contribution in [-0.2, 0) is 11.3 Å². The van der Waals surface area contributed by atoms with Gasteiger partial charge < -0.3 is 16.0 Å². The Morgan fingerprint density at radius 3 is 2.68 bits per heavy atom. The van der Waals surface area contributed by atoms with Crippen LogP contribution in [0.15, 0.2) is 48.5 Å². The average Bonchev–Trinajstić information content (AvgIpc) is 2.57. The van der Waals surface area contributed by atoms with Crippen molar-refractivity contribution in [1.82, 2.24) is 4.90 Å². The third-order valence-electron chi connectivity index (χ3n) is 4.13. The lowest BCUT2D eigenvalue weighted by Crippen LogP contribution is -2.34. The van der Waals surface area contributed by atoms with E-state index in [1.54, 1.807) is 24.3 Å². The molecule has 2 aromatic rings. The zero-order chi connectivity index (χ0) is 16.9. The van der Waals surface area contributed by atoms with E-state index in [0.717, 1.165) is 24.9 Å². The Labute approximate surface area is 153 Å². The van der Waals surface area contributed by atoms with Crippen LogP contribution in [-0.4, -0.2) is 23.3 Å². The fourth-order valence-electron chi connectivity index (χ4n) is 2.88. The van der Waals surface area contributed by atoms with Gasteiger partial charge in [0.05, 0.1) is 0 Å². The second-order valence-corrected chi connectivity index (χ2v) is 6.05. The average molecular weight is 360 g/mol. The number of piperidine rings is 1. The van der Waals surface area contributed by atoms with E-state index in [1.165, 1.54) is 0 Å². The number of amides is 2. The first-order valence-electron chi connectivity index (χ1n) is 8.15. The molecule has 5 nitrogen and oxygen atoms in total. The quantitative estimate of drug-likeness (QED) is 0.821. The van der Waals surface area contributed by atoms with Crippen molar-refractivity contribution in [2.75, 3.05) is 17.6 Å². The summed E-state index contributed by atoms with van der Waals surface area (Å²) in [7, 11) is 0. The molecular formula is C19H22ClN3O2. The first kappa shape index (κ1) is 18.8. The molecule has 6 heteroatoms. The van der Waals surface area contributed by atoms with Crippen LogP contribution in [0, 0.1) is 0 Å². The number of carbonyl (C=O) groups excluding carboxylic acids is 2. The lowest BCUT2D eigenvalue weighted by atomic mass is 10.1. The molecule has 3 N–H and O–H groups in total. The predicted molar refractivity (Wildman–Crippen MR) is 102 cm³/mol. The first-order valence-corrected chi connectivity index (χ1v) is 8.15. The van der Waals surface area contributed by atoms with Gasteiger partial charge in [-0.1, -0.05) is 18.2 Å². The van der Waals surface area contributed by atoms with Gasteiger partial charge in [0, 0.05) is 36.4 Å². The molecule has 1 fully saturated rings. The smallest absolute Gasteiger partial charge is 0.255 e. The summed E-state index contributed by atoms with van der Waals surface area (Å²) in [6, 6.07) is 14.5. The maximum absolute atomic E-state index is 12.3. The van der Waals surface area contributed by atoms with Gasteiger partial charge in [-0.25, -0.2) is 0 Å². The SMILES string of the molecule is Cl.Nc1cccc(C(=O)Nc2cccc(CN3CCCCC3=O)c2)c1. The van der Waals surface area contributed by atoms with E-state index in [4.69, 9.17) is 5.73 Å². The number of nitrogens with one attached hydrogen (secondary N) is 1. The maximum atomic E-state index is 12.3. The Morgan fingerprint density at radius 2 is 1.92 bits per heavy atom. The van der Waals surface area contributed by atoms with E-state index in [9.17, 15) is 9.59 Å². The van der Waals surface area contributed by atoms with Crippen LogP contribution < -0.4 is 11.1 Å². The molecule has 132 valence electrons. The van der Waals surface area contributed by atoms with Crippen molar-refractivity contribution in [3.63, 3.8) is 0 Å². The third-order valence-corrected chi connectivity index (χ3v) is 4.13. The molecular weight excluding hydrogens is 338 g/mol. The molecule has 0 saturated carbocycles. The van der Waals surface area contributed by atoms with Crippen LogP contribution in [0.2, 0.25) is 0 Å². The monoisotopic (exact) mass is 359 g/mol. The van der Waals surface area contributed by atoms with Gasteiger partial charge >= 0.3 is 0 Å². The van der Waals surface area contributed by atoms with E-state index in [1.807, 2.05) is 29.2 Å². The van der Waals surface area contributed by atoms with Gasteiger partial charge in [0.2, 0.25) is 5.91 Å². The summed E-state index contributed by atoms with van der Waals surface area (Å²) < 4.78 is 0. The first-order chi connectivity index (χ1) is 11.6. The van der Waals surface area contributed by atoms with E-state index in [0.29, 0.717) is 29.9 Å². The molecule has 0 aliphatic carbocycles. The topological polar surface area (TPSA) is 75.4 Å². The number of hydrogen-bond acceptors (Lipinski definition) is 3. The van der Waals surface area contributed by atoms with Crippen molar-refractivity contribution in [3.05, 3.63) is 59.7 Å². The number of likely N-dealkylation sites (tertiary alicyclic amines) is 1. The minimum atomic E-state index is -0.200. The molecule has 0 aromatic heterocycles. The second kappa shape index (κ2) is 8.53. The van der Waals surface area contributed by atoms with Gasteiger partial charge in [0.1, 0.15) is 0 Å². The summed E-state index contributed by atoms with van der Waals surface area (Å²) in [6.07, 6.45) is 2.66. The Kier molecular flexibility index (Phi) is 6.42. The van der Waals surface area contributed by atoms with E-state index in [-0.39, 0.29) is 24.2 Å². The molecule has 3 rings (SSSR count). The minimum Gasteiger partial charge on any atom is -0.399 e. The minimum absolute atomic E-state index is 0. The van der Waals surface area contributed by atoms with Crippen molar-refractivity contribution in [3.8, 4) is 0 Å². The Hall–Kier alpha value is -2.53. The van der Waals surface area contributed by atoms with Crippen LogP contribution in [0.1, 0.15) is 35.2 Å². The molecule has 25 heavy (non-hydrogen) atoms. The number of carbonyl (C=O) groups is 2. The lowest BCUT2D eigenvalue weighted by molar-refractivity contribution is -0.133. The zero-order valence-electron chi connectivity index (χ0n) is 13.9. The van der Waals surface area contributed by atoms with Crippen molar-refractivity contribution in [2.24, 2.45) is 0 Å². The van der Waals surface area contributed by atoms with E-state index >= 15 is 0 Å². The zero-order valence-corrected chi connectivity index (χ0v) is 14.7. The Balaban J connectivity index is 0.00000225. The summed E-state index contributed by atoms with van der Waals surface area (Å²) in [5, 5.41) is 2.88. The molecule has 1 aliphatic heterocycles. The van der Waals surface area contributed by atoms with Crippen LogP contribution in [0.5, 0.6) is 0 Å². The molecule has 0 bridgehead atoms.